The van der Waals surface area contributed by atoms with Crippen LogP contribution in [0.25, 0.3) is 32.7 Å². The van der Waals surface area contributed by atoms with Crippen LogP contribution in [0.1, 0.15) is 33.4 Å². The van der Waals surface area contributed by atoms with Gasteiger partial charge in [-0.05, 0) is 95.4 Å². The Morgan fingerprint density at radius 1 is 0.400 bits per heavy atom. The maximum atomic E-state index is 7.25. The lowest BCUT2D eigenvalue weighted by Crippen LogP contribution is -2.32. The Balaban J connectivity index is 1.25. The van der Waals surface area contributed by atoms with Gasteiger partial charge in [-0.2, -0.15) is 0 Å². The van der Waals surface area contributed by atoms with Crippen molar-refractivity contribution in [3.05, 3.63) is 191 Å². The summed E-state index contributed by atoms with van der Waals surface area (Å²) in [4.78, 5) is 0. The lowest BCUT2D eigenvalue weighted by molar-refractivity contribution is 0.445. The van der Waals surface area contributed by atoms with Crippen molar-refractivity contribution in [1.82, 2.24) is 0 Å². The predicted octanol–water partition coefficient (Wildman–Crippen LogP) is 12.7. The Hall–Kier alpha value is -6.32. The molecule has 1 aliphatic heterocycles. The molecule has 1 aliphatic carbocycles. The molecule has 0 aromatic heterocycles. The topological polar surface area (TPSA) is 27.7 Å². The molecule has 0 amide bonds. The summed E-state index contributed by atoms with van der Waals surface area (Å²) in [5.41, 5.74) is 9.03. The van der Waals surface area contributed by atoms with E-state index in [2.05, 4.69) is 135 Å². The van der Waals surface area contributed by atoms with Gasteiger partial charge in [-0.15, -0.1) is 0 Å². The van der Waals surface area contributed by atoms with E-state index < -0.39 is 5.41 Å². The SMILES string of the molecule is Cc1ccc(Oc2ccc3ccc4c(c3c2)Oc2c(ccc3ccc(Oc5ccc(C)cc5)cc23)C42c3ccccc3-c3ccccc32)cc1. The standard InChI is InChI=1S/C47H32O3/c1-29-11-19-33(20-12-29)48-35-23-15-31-17-25-43-45(39(31)27-35)50-46-40-28-36(49-34-21-13-30(2)14-22-34)24-16-32(40)18-26-44(46)47(43)41-9-5-3-7-37(41)38-8-4-6-10-42(38)47/h3-28H,1-2H3. The third-order valence-corrected chi connectivity index (χ3v) is 10.4. The maximum absolute atomic E-state index is 7.25. The number of rotatable bonds is 4. The summed E-state index contributed by atoms with van der Waals surface area (Å²) < 4.78 is 20.1. The summed E-state index contributed by atoms with van der Waals surface area (Å²) in [6.45, 7) is 4.16. The first kappa shape index (κ1) is 28.7. The second-order valence-corrected chi connectivity index (χ2v) is 13.4. The minimum absolute atomic E-state index is 0.597. The van der Waals surface area contributed by atoms with Crippen molar-refractivity contribution in [3.8, 4) is 45.6 Å². The Morgan fingerprint density at radius 2 is 0.800 bits per heavy atom. The van der Waals surface area contributed by atoms with Crippen molar-refractivity contribution in [1.29, 1.82) is 0 Å². The Bertz CT molecular complexity index is 2450. The van der Waals surface area contributed by atoms with Gasteiger partial charge >= 0.3 is 0 Å². The van der Waals surface area contributed by atoms with E-state index in [1.165, 1.54) is 33.4 Å². The van der Waals surface area contributed by atoms with Gasteiger partial charge < -0.3 is 14.2 Å². The van der Waals surface area contributed by atoms with E-state index in [1.807, 2.05) is 36.4 Å². The van der Waals surface area contributed by atoms with Crippen LogP contribution in [0.15, 0.2) is 158 Å². The highest BCUT2D eigenvalue weighted by Crippen LogP contribution is 2.64. The smallest absolute Gasteiger partial charge is 0.140 e. The molecule has 3 nitrogen and oxygen atoms in total. The number of hydrogen-bond acceptors (Lipinski definition) is 3. The van der Waals surface area contributed by atoms with Gasteiger partial charge in [-0.1, -0.05) is 120 Å². The summed E-state index contributed by atoms with van der Waals surface area (Å²) in [5, 5.41) is 4.18. The molecule has 0 radical (unpaired) electrons. The molecule has 3 heteroatoms. The molecule has 0 saturated heterocycles. The first-order valence-corrected chi connectivity index (χ1v) is 17.1. The normalized spacial score (nSPS) is 13.3. The molecule has 1 spiro atoms. The van der Waals surface area contributed by atoms with E-state index in [-0.39, 0.29) is 0 Å². The third-order valence-electron chi connectivity index (χ3n) is 10.4. The van der Waals surface area contributed by atoms with Gasteiger partial charge in [0.05, 0.1) is 5.41 Å². The van der Waals surface area contributed by atoms with Crippen molar-refractivity contribution in [2.24, 2.45) is 0 Å². The molecular formula is C47H32O3. The second-order valence-electron chi connectivity index (χ2n) is 13.4. The molecule has 238 valence electrons. The van der Waals surface area contributed by atoms with Crippen LogP contribution in [0, 0.1) is 13.8 Å². The Kier molecular flexibility index (Phi) is 6.22. The first-order chi connectivity index (χ1) is 24.6. The van der Waals surface area contributed by atoms with Crippen LogP contribution in [-0.2, 0) is 5.41 Å². The molecule has 0 saturated carbocycles. The summed E-state index contributed by atoms with van der Waals surface area (Å²) in [5.74, 6) is 4.80. The largest absolute Gasteiger partial charge is 0.457 e. The lowest BCUT2D eigenvalue weighted by Gasteiger charge is -2.40. The zero-order valence-electron chi connectivity index (χ0n) is 27.7. The van der Waals surface area contributed by atoms with Gasteiger partial charge in [0, 0.05) is 21.9 Å². The average molecular weight is 645 g/mol. The molecule has 8 aromatic rings. The van der Waals surface area contributed by atoms with E-state index in [9.17, 15) is 0 Å². The molecule has 0 bridgehead atoms. The molecule has 1 heterocycles. The molecule has 8 aromatic carbocycles. The summed E-state index contributed by atoms with van der Waals surface area (Å²) >= 11 is 0. The van der Waals surface area contributed by atoms with Crippen molar-refractivity contribution in [2.45, 2.75) is 19.3 Å². The van der Waals surface area contributed by atoms with E-state index in [1.54, 1.807) is 0 Å². The van der Waals surface area contributed by atoms with Crippen LogP contribution in [0.5, 0.6) is 34.5 Å². The number of fused-ring (bicyclic) bond motifs is 13. The minimum Gasteiger partial charge on any atom is -0.457 e. The second kappa shape index (κ2) is 10.8. The van der Waals surface area contributed by atoms with Crippen molar-refractivity contribution < 1.29 is 14.2 Å². The van der Waals surface area contributed by atoms with E-state index in [4.69, 9.17) is 14.2 Å². The molecule has 0 N–H and O–H groups in total. The molecule has 10 rings (SSSR count). The monoisotopic (exact) mass is 644 g/mol. The maximum Gasteiger partial charge on any atom is 0.140 e. The third kappa shape index (κ3) is 4.23. The van der Waals surface area contributed by atoms with E-state index in [0.717, 1.165) is 67.2 Å². The highest BCUT2D eigenvalue weighted by atomic mass is 16.5. The first-order valence-electron chi connectivity index (χ1n) is 17.1. The fraction of sp³-hybridized carbons (Fsp3) is 0.0638. The summed E-state index contributed by atoms with van der Waals surface area (Å²) in [6, 6.07) is 55.5. The van der Waals surface area contributed by atoms with E-state index >= 15 is 0 Å². The van der Waals surface area contributed by atoms with Crippen LogP contribution in [0.4, 0.5) is 0 Å². The Labute approximate surface area is 291 Å². The van der Waals surface area contributed by atoms with Gasteiger partial charge in [-0.3, -0.25) is 0 Å². The molecule has 0 unspecified atom stereocenters. The van der Waals surface area contributed by atoms with Gasteiger partial charge in [0.2, 0.25) is 0 Å². The van der Waals surface area contributed by atoms with Crippen molar-refractivity contribution >= 4 is 21.5 Å². The van der Waals surface area contributed by atoms with Gasteiger partial charge in [0.25, 0.3) is 0 Å². The van der Waals surface area contributed by atoms with Crippen LogP contribution < -0.4 is 14.2 Å². The Morgan fingerprint density at radius 3 is 1.26 bits per heavy atom. The molecule has 2 aliphatic rings. The molecule has 0 fully saturated rings. The summed E-state index contributed by atoms with van der Waals surface area (Å²) in [7, 11) is 0. The quantitative estimate of drug-likeness (QED) is 0.191. The fourth-order valence-electron chi connectivity index (χ4n) is 8.03. The fourth-order valence-corrected chi connectivity index (χ4v) is 8.03. The van der Waals surface area contributed by atoms with E-state index in [0.29, 0.717) is 0 Å². The average Bonchev–Trinajstić information content (AvgIpc) is 3.44. The van der Waals surface area contributed by atoms with Crippen LogP contribution in [0.2, 0.25) is 0 Å². The number of benzene rings is 8. The predicted molar refractivity (Wildman–Crippen MR) is 201 cm³/mol. The van der Waals surface area contributed by atoms with Gasteiger partial charge in [0.15, 0.2) is 0 Å². The van der Waals surface area contributed by atoms with Gasteiger partial charge in [0.1, 0.15) is 34.5 Å². The highest BCUT2D eigenvalue weighted by molar-refractivity contribution is 6.00. The summed E-state index contributed by atoms with van der Waals surface area (Å²) in [6.07, 6.45) is 0. The minimum atomic E-state index is -0.597. The number of ether oxygens (including phenoxy) is 3. The van der Waals surface area contributed by atoms with Crippen LogP contribution in [-0.4, -0.2) is 0 Å². The zero-order chi connectivity index (χ0) is 33.4. The van der Waals surface area contributed by atoms with Crippen molar-refractivity contribution in [2.75, 3.05) is 0 Å². The van der Waals surface area contributed by atoms with Crippen LogP contribution >= 0.6 is 0 Å². The molecule has 50 heavy (non-hydrogen) atoms. The van der Waals surface area contributed by atoms with Gasteiger partial charge in [-0.25, -0.2) is 0 Å². The van der Waals surface area contributed by atoms with Crippen molar-refractivity contribution in [3.63, 3.8) is 0 Å². The molecule has 0 atom stereocenters. The number of hydrogen-bond donors (Lipinski definition) is 0. The lowest BCUT2D eigenvalue weighted by atomic mass is 9.65. The zero-order valence-corrected chi connectivity index (χ0v) is 27.7. The number of aryl methyl sites for hydroxylation is 2. The van der Waals surface area contributed by atoms with Crippen LogP contribution in [0.3, 0.4) is 0 Å². The molecular weight excluding hydrogens is 613 g/mol. The highest BCUT2D eigenvalue weighted by Gasteiger charge is 2.51.